The van der Waals surface area contributed by atoms with E-state index in [4.69, 9.17) is 5.14 Å². The van der Waals surface area contributed by atoms with Crippen molar-refractivity contribution in [2.24, 2.45) is 11.1 Å². The number of carbonyl (C=O) groups excluding carboxylic acids is 1. The molecular formula is C24H32N8O5S2. The lowest BCUT2D eigenvalue weighted by Crippen LogP contribution is -2.38. The molecule has 210 valence electrons. The predicted molar refractivity (Wildman–Crippen MR) is 145 cm³/mol. The van der Waals surface area contributed by atoms with E-state index in [9.17, 15) is 23.4 Å². The van der Waals surface area contributed by atoms with Crippen molar-refractivity contribution in [3.63, 3.8) is 0 Å². The molecule has 39 heavy (non-hydrogen) atoms. The second-order valence-corrected chi connectivity index (χ2v) is 12.5. The second-order valence-electron chi connectivity index (χ2n) is 9.90. The fraction of sp³-hybridized carbons (Fsp3) is 0.542. The Morgan fingerprint density at radius 3 is 2.56 bits per heavy atom. The van der Waals surface area contributed by atoms with Crippen LogP contribution >= 0.6 is 11.8 Å². The summed E-state index contributed by atoms with van der Waals surface area (Å²) < 4.78 is 24.6. The van der Waals surface area contributed by atoms with Gasteiger partial charge in [0.2, 0.25) is 15.9 Å². The molecule has 3 aromatic rings. The number of carbonyl (C=O) groups is 1. The maximum Gasteiger partial charge on any atom is 0.238 e. The number of nitrogens with two attached hydrogens (primary N) is 1. The number of nitrogens with zero attached hydrogens (tertiary/aromatic N) is 5. The normalized spacial score (nSPS) is 26.6. The van der Waals surface area contributed by atoms with E-state index in [0.29, 0.717) is 28.7 Å². The monoisotopic (exact) mass is 576 g/mol. The molecule has 13 nitrogen and oxygen atoms in total. The quantitative estimate of drug-likeness (QED) is 0.169. The molecule has 2 aliphatic rings. The molecule has 2 heterocycles. The van der Waals surface area contributed by atoms with Crippen LogP contribution in [0.15, 0.2) is 34.3 Å². The highest BCUT2D eigenvalue weighted by Gasteiger charge is 2.47. The fourth-order valence-corrected chi connectivity index (χ4v) is 6.22. The van der Waals surface area contributed by atoms with E-state index >= 15 is 0 Å². The lowest BCUT2D eigenvalue weighted by molar-refractivity contribution is -0.128. The van der Waals surface area contributed by atoms with Crippen molar-refractivity contribution in [3.8, 4) is 0 Å². The number of fused-ring (bicyclic) bond motifs is 1. The summed E-state index contributed by atoms with van der Waals surface area (Å²) in [5, 5.41) is 41.9. The average Bonchev–Trinajstić information content (AvgIpc) is 3.44. The van der Waals surface area contributed by atoms with Gasteiger partial charge in [-0.05, 0) is 43.9 Å². The van der Waals surface area contributed by atoms with E-state index in [1.807, 2.05) is 0 Å². The topological polar surface area (TPSA) is 198 Å². The highest BCUT2D eigenvalue weighted by Crippen LogP contribution is 2.44. The Morgan fingerprint density at radius 1 is 1.15 bits per heavy atom. The number of anilines is 1. The zero-order chi connectivity index (χ0) is 27.9. The number of hydrogen-bond acceptors (Lipinski definition) is 11. The molecule has 0 spiro atoms. The summed E-state index contributed by atoms with van der Waals surface area (Å²) in [5.74, 6) is 0.371. The zero-order valence-electron chi connectivity index (χ0n) is 21.6. The van der Waals surface area contributed by atoms with Crippen molar-refractivity contribution in [3.05, 3.63) is 29.8 Å². The van der Waals surface area contributed by atoms with E-state index in [1.165, 1.54) is 28.6 Å². The molecule has 0 aliphatic heterocycles. The summed E-state index contributed by atoms with van der Waals surface area (Å²) >= 11 is 1.49. The molecule has 1 amide bonds. The van der Waals surface area contributed by atoms with Crippen LogP contribution in [0.1, 0.15) is 50.6 Å². The van der Waals surface area contributed by atoms with Gasteiger partial charge in [0.25, 0.3) is 0 Å². The van der Waals surface area contributed by atoms with Crippen LogP contribution in [0, 0.1) is 5.92 Å². The summed E-state index contributed by atoms with van der Waals surface area (Å²) in [7, 11) is -3.76. The molecule has 0 radical (unpaired) electrons. The number of aliphatic hydroxyl groups is 2. The SMILES string of the molecule is CCCSc1nc(NC2CC2c2ccc(S(N)(=O)=O)cc2)c2nnn([C@H]3C[C@@H](C(=O)NCC)[C@H](O)[C@@H]3O)c2n1. The molecule has 2 fully saturated rings. The number of benzene rings is 1. The van der Waals surface area contributed by atoms with Crippen molar-refractivity contribution in [2.75, 3.05) is 17.6 Å². The summed E-state index contributed by atoms with van der Waals surface area (Å²) in [6.07, 6.45) is -0.521. The average molecular weight is 577 g/mol. The fourth-order valence-electron chi connectivity index (χ4n) is 5.01. The molecule has 6 N–H and O–H groups in total. The first kappa shape index (κ1) is 27.7. The molecule has 0 bridgehead atoms. The summed E-state index contributed by atoms with van der Waals surface area (Å²) in [4.78, 5) is 21.9. The first-order valence-corrected chi connectivity index (χ1v) is 15.4. The first-order valence-electron chi connectivity index (χ1n) is 12.9. The maximum atomic E-state index is 12.4. The van der Waals surface area contributed by atoms with Crippen molar-refractivity contribution >= 4 is 44.7 Å². The summed E-state index contributed by atoms with van der Waals surface area (Å²) in [6, 6.07) is 5.89. The smallest absolute Gasteiger partial charge is 0.238 e. The Balaban J connectivity index is 1.42. The lowest BCUT2D eigenvalue weighted by atomic mass is 10.0. The first-order chi connectivity index (χ1) is 18.6. The van der Waals surface area contributed by atoms with Gasteiger partial charge in [-0.1, -0.05) is 36.0 Å². The standard InChI is InChI=1S/C24H32N8O5S2/c1-3-9-38-24-28-21(27-16-10-14(16)12-5-7-13(8-6-12)39(25,36)37)18-22(29-24)32(31-30-18)17-11-15(19(33)20(17)34)23(35)26-4-2/h5-8,14-17,19-20,33-34H,3-4,9-11H2,1-2H3,(H,26,35)(H2,25,36,37)(H,27,28,29)/t14?,15-,16?,17+,19+,20-/m1/s1. The van der Waals surface area contributed by atoms with Crippen LogP contribution in [-0.2, 0) is 14.8 Å². The highest BCUT2D eigenvalue weighted by molar-refractivity contribution is 7.99. The molecular weight excluding hydrogens is 544 g/mol. The third-order valence-electron chi connectivity index (χ3n) is 7.14. The zero-order valence-corrected chi connectivity index (χ0v) is 23.2. The van der Waals surface area contributed by atoms with Crippen LogP contribution in [0.25, 0.3) is 11.2 Å². The van der Waals surface area contributed by atoms with Crippen LogP contribution in [0.5, 0.6) is 0 Å². The van der Waals surface area contributed by atoms with Gasteiger partial charge in [0.15, 0.2) is 22.1 Å². The van der Waals surface area contributed by atoms with Gasteiger partial charge in [-0.15, -0.1) is 5.10 Å². The van der Waals surface area contributed by atoms with Gasteiger partial charge >= 0.3 is 0 Å². The highest BCUT2D eigenvalue weighted by atomic mass is 32.2. The molecule has 15 heteroatoms. The molecule has 2 unspecified atom stereocenters. The van der Waals surface area contributed by atoms with Gasteiger partial charge in [0.1, 0.15) is 6.10 Å². The Kier molecular flexibility index (Phi) is 7.79. The van der Waals surface area contributed by atoms with Crippen LogP contribution in [0.4, 0.5) is 5.82 Å². The van der Waals surface area contributed by atoms with Crippen LogP contribution < -0.4 is 15.8 Å². The van der Waals surface area contributed by atoms with Crippen LogP contribution in [0.2, 0.25) is 0 Å². The second kappa shape index (κ2) is 11.0. The Morgan fingerprint density at radius 2 is 1.90 bits per heavy atom. The van der Waals surface area contributed by atoms with Gasteiger partial charge in [0.05, 0.1) is 23.0 Å². The van der Waals surface area contributed by atoms with E-state index < -0.39 is 34.2 Å². The maximum absolute atomic E-state index is 12.4. The predicted octanol–water partition coefficient (Wildman–Crippen LogP) is 0.758. The Labute approximate surface area is 230 Å². The van der Waals surface area contributed by atoms with Gasteiger partial charge < -0.3 is 20.8 Å². The number of rotatable bonds is 10. The molecule has 6 atom stereocenters. The van der Waals surface area contributed by atoms with Crippen LogP contribution in [0.3, 0.4) is 0 Å². The number of thioether (sulfide) groups is 1. The summed E-state index contributed by atoms with van der Waals surface area (Å²) in [6.45, 7) is 4.28. The van der Waals surface area contributed by atoms with Gasteiger partial charge in [-0.25, -0.2) is 28.2 Å². The number of hydrogen-bond donors (Lipinski definition) is 5. The molecule has 0 saturated heterocycles. The largest absolute Gasteiger partial charge is 0.390 e. The molecule has 2 aromatic heterocycles. The molecule has 2 saturated carbocycles. The minimum absolute atomic E-state index is 0.0404. The minimum atomic E-state index is -3.76. The van der Waals surface area contributed by atoms with E-state index in [0.717, 1.165) is 24.2 Å². The van der Waals surface area contributed by atoms with Gasteiger partial charge in [-0.3, -0.25) is 4.79 Å². The van der Waals surface area contributed by atoms with Gasteiger partial charge in [0, 0.05) is 24.3 Å². The van der Waals surface area contributed by atoms with E-state index in [1.54, 1.807) is 19.1 Å². The Hall–Kier alpha value is -2.85. The van der Waals surface area contributed by atoms with Crippen molar-refractivity contribution in [2.45, 2.75) is 73.4 Å². The number of amides is 1. The van der Waals surface area contributed by atoms with E-state index in [-0.39, 0.29) is 29.2 Å². The number of sulfonamides is 1. The third-order valence-corrected chi connectivity index (χ3v) is 9.12. The number of nitrogens with one attached hydrogen (secondary N) is 2. The summed E-state index contributed by atoms with van der Waals surface area (Å²) in [5.41, 5.74) is 1.82. The van der Waals surface area contributed by atoms with Crippen molar-refractivity contribution < 1.29 is 23.4 Å². The van der Waals surface area contributed by atoms with Crippen LogP contribution in [-0.4, -0.2) is 80.0 Å². The van der Waals surface area contributed by atoms with E-state index in [2.05, 4.69) is 37.8 Å². The van der Waals surface area contributed by atoms with Crippen molar-refractivity contribution in [1.29, 1.82) is 0 Å². The Bertz CT molecular complexity index is 1470. The molecule has 5 rings (SSSR count). The lowest BCUT2D eigenvalue weighted by Gasteiger charge is -2.17. The number of aliphatic hydroxyl groups excluding tert-OH is 2. The molecule has 2 aliphatic carbocycles. The number of primary sulfonamides is 1. The molecule has 1 aromatic carbocycles. The number of aromatic nitrogens is 5. The van der Waals surface area contributed by atoms with Gasteiger partial charge in [-0.2, -0.15) is 0 Å². The third kappa shape index (κ3) is 5.59. The van der Waals surface area contributed by atoms with Crippen molar-refractivity contribution in [1.82, 2.24) is 30.3 Å². The minimum Gasteiger partial charge on any atom is -0.390 e.